The zero-order chi connectivity index (χ0) is 8.72. The molecule has 0 aliphatic heterocycles. The van der Waals surface area contributed by atoms with E-state index in [1.54, 1.807) is 7.05 Å². The summed E-state index contributed by atoms with van der Waals surface area (Å²) in [7, 11) is 1.55. The van der Waals surface area contributed by atoms with Crippen molar-refractivity contribution in [3.63, 3.8) is 0 Å². The van der Waals surface area contributed by atoms with Crippen molar-refractivity contribution in [1.82, 2.24) is 19.7 Å². The van der Waals surface area contributed by atoms with Crippen molar-refractivity contribution in [2.45, 2.75) is 0 Å². The molecule has 0 spiro atoms. The van der Waals surface area contributed by atoms with E-state index in [-0.39, 0.29) is 68.6 Å². The van der Waals surface area contributed by atoms with Crippen molar-refractivity contribution in [3.8, 4) is 5.88 Å². The number of aryl methyl sites for hydroxylation is 1. The Balaban J connectivity index is 0.000000845. The third kappa shape index (κ3) is 1.70. The minimum Gasteiger partial charge on any atom is -0.857 e. The third-order valence-electron chi connectivity index (χ3n) is 1.60. The minimum absolute atomic E-state index is 0. The van der Waals surface area contributed by atoms with Gasteiger partial charge in [0.25, 0.3) is 0 Å². The second-order valence-corrected chi connectivity index (χ2v) is 2.38. The van der Waals surface area contributed by atoms with Gasteiger partial charge in [0.2, 0.25) is 0 Å². The molecule has 0 aliphatic carbocycles. The summed E-state index contributed by atoms with van der Waals surface area (Å²) in [6.45, 7) is 0. The molecule has 6 nitrogen and oxygen atoms in total. The third-order valence-corrected chi connectivity index (χ3v) is 1.60. The van der Waals surface area contributed by atoms with Crippen LogP contribution in [0.3, 0.4) is 0 Å². The number of nitrogens with zero attached hydrogens (tertiary/aromatic N) is 4. The van der Waals surface area contributed by atoms with Crippen molar-refractivity contribution in [1.29, 1.82) is 0 Å². The van der Waals surface area contributed by atoms with Gasteiger partial charge in [-0.25, -0.2) is 9.97 Å². The normalized spacial score (nSPS) is 9.92. The molecule has 2 heterocycles. The summed E-state index contributed by atoms with van der Waals surface area (Å²) in [5, 5.41) is 15.1. The smallest absolute Gasteiger partial charge is 0.857 e. The molecule has 62 valence electrons. The Hall–Kier alpha value is -0.214. The van der Waals surface area contributed by atoms with Crippen molar-refractivity contribution in [2.24, 2.45) is 7.05 Å². The average molecular weight is 203 g/mol. The predicted molar refractivity (Wildman–Crippen MR) is 40.2 cm³/mol. The molecule has 0 aromatic carbocycles. The Kier molecular flexibility index (Phi) is 3.25. The molecule has 0 bridgehead atoms. The van der Waals surface area contributed by atoms with Crippen molar-refractivity contribution >= 4 is 16.9 Å². The maximum absolute atomic E-state index is 11.2. The molecule has 2 aromatic heterocycles. The maximum atomic E-state index is 11.2. The van der Waals surface area contributed by atoms with E-state index in [9.17, 15) is 5.11 Å². The number of nitrogens with two attached hydrogens (primary N) is 1. The summed E-state index contributed by atoms with van der Waals surface area (Å²) in [4.78, 5) is 7.49. The first kappa shape index (κ1) is 10.9. The molecule has 0 atom stereocenters. The summed E-state index contributed by atoms with van der Waals surface area (Å²) >= 11 is 0. The van der Waals surface area contributed by atoms with Gasteiger partial charge in [0.15, 0.2) is 11.3 Å². The summed E-state index contributed by atoms with van der Waals surface area (Å²) in [5.74, 6) is -0.0169. The van der Waals surface area contributed by atoms with Gasteiger partial charge in [-0.2, -0.15) is 5.10 Å². The van der Waals surface area contributed by atoms with Gasteiger partial charge in [-0.05, 0) is 0 Å². The van der Waals surface area contributed by atoms with E-state index in [1.165, 1.54) is 11.0 Å². The molecule has 0 amide bonds. The van der Waals surface area contributed by atoms with E-state index in [4.69, 9.17) is 5.73 Å². The van der Waals surface area contributed by atoms with Crippen LogP contribution < -0.4 is 62.2 Å². The fourth-order valence-electron chi connectivity index (χ4n) is 0.996. The van der Waals surface area contributed by atoms with Gasteiger partial charge in [0, 0.05) is 12.9 Å². The van der Waals surface area contributed by atoms with Gasteiger partial charge in [-0.15, -0.1) is 0 Å². The van der Waals surface area contributed by atoms with E-state index in [0.29, 0.717) is 5.52 Å². The summed E-state index contributed by atoms with van der Waals surface area (Å²) in [6, 6.07) is 0. The summed E-state index contributed by atoms with van der Waals surface area (Å²) < 4.78 is 1.19. The Morgan fingerprint density at radius 1 is 1.38 bits per heavy atom. The fourth-order valence-corrected chi connectivity index (χ4v) is 0.996. The first-order valence-corrected chi connectivity index (χ1v) is 3.30. The number of nitrogen functional groups attached to an aromatic ring is 1. The Morgan fingerprint density at radius 3 is 2.69 bits per heavy atom. The van der Waals surface area contributed by atoms with E-state index in [1.807, 2.05) is 0 Å². The molecule has 0 radical (unpaired) electrons. The second-order valence-electron chi connectivity index (χ2n) is 2.38. The number of hydrogen-bond acceptors (Lipinski definition) is 5. The molecule has 2 aromatic rings. The molecular weight excluding hydrogens is 197 g/mol. The number of hydrogen-bond donors (Lipinski definition) is 1. The van der Waals surface area contributed by atoms with E-state index < -0.39 is 0 Å². The molecule has 0 fully saturated rings. The first-order valence-electron chi connectivity index (χ1n) is 3.30. The Bertz CT molecular complexity index is 440. The topological polar surface area (TPSA) is 92.7 Å². The van der Waals surface area contributed by atoms with Gasteiger partial charge in [-0.1, -0.05) is 0 Å². The molecular formula is C6H6KN5O. The van der Waals surface area contributed by atoms with E-state index in [0.717, 1.165) is 0 Å². The van der Waals surface area contributed by atoms with Crippen molar-refractivity contribution in [2.75, 3.05) is 5.73 Å². The SMILES string of the molecule is Cn1nc2c(N)ncnc2c1[O-].[K+]. The summed E-state index contributed by atoms with van der Waals surface area (Å²) in [5.41, 5.74) is 6.11. The van der Waals surface area contributed by atoms with Crippen LogP contribution in [0.1, 0.15) is 0 Å². The van der Waals surface area contributed by atoms with Crippen LogP contribution >= 0.6 is 0 Å². The standard InChI is InChI=1S/C6H7N5O.K/c1-11-6(12)4-3(10-11)5(7)9-2-8-4;/h2,12H,1H3,(H2,7,8,9);/q;+1/p-1. The van der Waals surface area contributed by atoms with Crippen LogP contribution in [0.5, 0.6) is 5.88 Å². The quantitative estimate of drug-likeness (QED) is 0.441. The molecule has 13 heavy (non-hydrogen) atoms. The minimum atomic E-state index is -0.251. The van der Waals surface area contributed by atoms with Gasteiger partial charge >= 0.3 is 51.4 Å². The summed E-state index contributed by atoms with van der Waals surface area (Å²) in [6.07, 6.45) is 1.25. The van der Waals surface area contributed by atoms with Crippen LogP contribution in [-0.2, 0) is 7.05 Å². The molecule has 7 heteroatoms. The molecule has 2 rings (SSSR count). The molecule has 0 saturated carbocycles. The number of fused-ring (bicyclic) bond motifs is 1. The predicted octanol–water partition coefficient (Wildman–Crippen LogP) is -3.98. The van der Waals surface area contributed by atoms with Gasteiger partial charge in [0.05, 0.1) is 0 Å². The van der Waals surface area contributed by atoms with Gasteiger partial charge < -0.3 is 10.8 Å². The zero-order valence-electron chi connectivity index (χ0n) is 7.35. The maximum Gasteiger partial charge on any atom is 1.00 e. The number of aromatic nitrogens is 4. The molecule has 0 unspecified atom stereocenters. The van der Waals surface area contributed by atoms with Crippen molar-refractivity contribution < 1.29 is 56.5 Å². The molecule has 0 saturated heterocycles. The van der Waals surface area contributed by atoms with E-state index in [2.05, 4.69) is 15.1 Å². The second kappa shape index (κ2) is 3.89. The fraction of sp³-hybridized carbons (Fsp3) is 0.167. The van der Waals surface area contributed by atoms with Crippen molar-refractivity contribution in [3.05, 3.63) is 6.33 Å². The Morgan fingerprint density at radius 2 is 2.08 bits per heavy atom. The van der Waals surface area contributed by atoms with Crippen LogP contribution in [0.4, 0.5) is 5.82 Å². The largest absolute Gasteiger partial charge is 1.00 e. The van der Waals surface area contributed by atoms with Gasteiger partial charge in [0.1, 0.15) is 11.8 Å². The van der Waals surface area contributed by atoms with Crippen LogP contribution in [0, 0.1) is 0 Å². The molecule has 2 N–H and O–H groups in total. The van der Waals surface area contributed by atoms with Crippen LogP contribution in [-0.4, -0.2) is 19.7 Å². The number of anilines is 1. The number of rotatable bonds is 0. The monoisotopic (exact) mass is 203 g/mol. The van der Waals surface area contributed by atoms with E-state index >= 15 is 0 Å². The average Bonchev–Trinajstić information content (AvgIpc) is 2.32. The molecule has 0 aliphatic rings. The van der Waals surface area contributed by atoms with Crippen LogP contribution in [0.25, 0.3) is 11.0 Å². The van der Waals surface area contributed by atoms with Gasteiger partial charge in [-0.3, -0.25) is 4.68 Å². The first-order chi connectivity index (χ1) is 5.70. The Labute approximate surface area is 117 Å². The van der Waals surface area contributed by atoms with Crippen LogP contribution in [0.15, 0.2) is 6.33 Å². The van der Waals surface area contributed by atoms with Crippen LogP contribution in [0.2, 0.25) is 0 Å². The zero-order valence-corrected chi connectivity index (χ0v) is 10.5.